The third-order valence-corrected chi connectivity index (χ3v) is 7.51. The number of rotatable bonds is 7. The number of benzene rings is 2. The van der Waals surface area contributed by atoms with Gasteiger partial charge in [-0.25, -0.2) is 8.42 Å². The topological polar surface area (TPSA) is 112 Å². The maximum absolute atomic E-state index is 13.1. The van der Waals surface area contributed by atoms with Crippen molar-refractivity contribution in [2.75, 3.05) is 38.5 Å². The molecule has 1 saturated heterocycles. The van der Waals surface area contributed by atoms with Crippen LogP contribution in [0.3, 0.4) is 0 Å². The number of anilines is 1. The number of carbonyl (C=O) groups excluding carboxylic acids is 2. The predicted octanol–water partition coefficient (Wildman–Crippen LogP) is 2.40. The molecule has 3 aromatic rings. The molecular weight excluding hydrogens is 456 g/mol. The van der Waals surface area contributed by atoms with Crippen molar-refractivity contribution in [3.8, 4) is 0 Å². The number of nitrogens with one attached hydrogen (secondary N) is 2. The minimum absolute atomic E-state index is 0.0641. The Bertz CT molecular complexity index is 1270. The summed E-state index contributed by atoms with van der Waals surface area (Å²) in [5.41, 5.74) is 0.779. The molecule has 2 N–H and O–H groups in total. The van der Waals surface area contributed by atoms with Crippen molar-refractivity contribution in [3.63, 3.8) is 0 Å². The zero-order chi connectivity index (χ0) is 24.1. The standard InChI is InChI=1S/C24H26N4O5S/c1-27-11-13-28(14-12-27)34(31,32)20-8-4-6-18(16-20)23(29)26-22-10-3-2-9-21(22)24(30)25-17-19-7-5-15-33-19/h2-10,15-16H,11-14,17H2,1H3,(H,25,30)(H,26,29). The van der Waals surface area contributed by atoms with Gasteiger partial charge < -0.3 is 20.0 Å². The summed E-state index contributed by atoms with van der Waals surface area (Å²) >= 11 is 0. The first-order chi connectivity index (χ1) is 16.3. The van der Waals surface area contributed by atoms with E-state index in [4.69, 9.17) is 4.42 Å². The molecule has 2 aromatic carbocycles. The van der Waals surface area contributed by atoms with E-state index in [0.717, 1.165) is 0 Å². The van der Waals surface area contributed by atoms with E-state index in [1.165, 1.54) is 28.8 Å². The third kappa shape index (κ3) is 5.36. The Morgan fingerprint density at radius 2 is 1.71 bits per heavy atom. The van der Waals surface area contributed by atoms with E-state index in [1.807, 2.05) is 7.05 Å². The molecule has 10 heteroatoms. The Balaban J connectivity index is 1.49. The van der Waals surface area contributed by atoms with Crippen LogP contribution < -0.4 is 10.6 Å². The molecule has 9 nitrogen and oxygen atoms in total. The number of sulfonamides is 1. The highest BCUT2D eigenvalue weighted by molar-refractivity contribution is 7.89. The van der Waals surface area contributed by atoms with Crippen LogP contribution in [0.25, 0.3) is 0 Å². The van der Waals surface area contributed by atoms with Gasteiger partial charge in [-0.15, -0.1) is 0 Å². The summed E-state index contributed by atoms with van der Waals surface area (Å²) < 4.78 is 32.8. The van der Waals surface area contributed by atoms with E-state index in [9.17, 15) is 18.0 Å². The fourth-order valence-electron chi connectivity index (χ4n) is 3.64. The van der Waals surface area contributed by atoms with Crippen molar-refractivity contribution in [3.05, 3.63) is 83.8 Å². The molecule has 178 valence electrons. The molecule has 0 atom stereocenters. The van der Waals surface area contributed by atoms with Gasteiger partial charge in [0.1, 0.15) is 5.76 Å². The van der Waals surface area contributed by atoms with Crippen LogP contribution in [0.2, 0.25) is 0 Å². The van der Waals surface area contributed by atoms with Crippen molar-refractivity contribution < 1.29 is 22.4 Å². The van der Waals surface area contributed by atoms with Crippen LogP contribution in [-0.2, 0) is 16.6 Å². The Hall–Kier alpha value is -3.47. The van der Waals surface area contributed by atoms with E-state index < -0.39 is 15.9 Å². The van der Waals surface area contributed by atoms with Crippen molar-refractivity contribution in [2.24, 2.45) is 0 Å². The molecule has 0 aliphatic carbocycles. The summed E-state index contributed by atoms with van der Waals surface area (Å²) in [5, 5.41) is 5.48. The molecular formula is C24H26N4O5S. The van der Waals surface area contributed by atoms with Crippen LogP contribution in [0, 0.1) is 0 Å². The molecule has 2 amide bonds. The lowest BCUT2D eigenvalue weighted by Crippen LogP contribution is -2.47. The molecule has 1 fully saturated rings. The highest BCUT2D eigenvalue weighted by Gasteiger charge is 2.28. The molecule has 0 bridgehead atoms. The smallest absolute Gasteiger partial charge is 0.255 e. The van der Waals surface area contributed by atoms with Gasteiger partial charge in [-0.1, -0.05) is 18.2 Å². The van der Waals surface area contributed by atoms with Crippen molar-refractivity contribution in [2.45, 2.75) is 11.4 Å². The van der Waals surface area contributed by atoms with Crippen LogP contribution in [-0.4, -0.2) is 62.7 Å². The molecule has 0 saturated carbocycles. The first-order valence-electron chi connectivity index (χ1n) is 10.8. The Morgan fingerprint density at radius 1 is 0.941 bits per heavy atom. The van der Waals surface area contributed by atoms with Gasteiger partial charge in [0.15, 0.2) is 0 Å². The maximum Gasteiger partial charge on any atom is 0.255 e. The molecule has 34 heavy (non-hydrogen) atoms. The van der Waals surface area contributed by atoms with Gasteiger partial charge in [0.05, 0.1) is 29.0 Å². The normalized spacial score (nSPS) is 15.1. The van der Waals surface area contributed by atoms with Crippen molar-refractivity contribution in [1.29, 1.82) is 0 Å². The number of hydrogen-bond donors (Lipinski definition) is 2. The van der Waals surface area contributed by atoms with Gasteiger partial charge in [-0.05, 0) is 49.5 Å². The molecule has 0 spiro atoms. The number of amides is 2. The first kappa shape index (κ1) is 23.7. The molecule has 0 unspecified atom stereocenters. The fourth-order valence-corrected chi connectivity index (χ4v) is 5.10. The first-order valence-corrected chi connectivity index (χ1v) is 12.3. The molecule has 4 rings (SSSR count). The lowest BCUT2D eigenvalue weighted by molar-refractivity contribution is 0.0949. The Labute approximate surface area is 198 Å². The lowest BCUT2D eigenvalue weighted by atomic mass is 10.1. The molecule has 2 heterocycles. The number of nitrogens with zero attached hydrogens (tertiary/aromatic N) is 2. The second-order valence-corrected chi connectivity index (χ2v) is 9.93. The zero-order valence-corrected chi connectivity index (χ0v) is 19.5. The van der Waals surface area contributed by atoms with Gasteiger partial charge in [0.2, 0.25) is 10.0 Å². The van der Waals surface area contributed by atoms with Crippen molar-refractivity contribution >= 4 is 27.5 Å². The van der Waals surface area contributed by atoms with E-state index in [0.29, 0.717) is 37.6 Å². The van der Waals surface area contributed by atoms with E-state index >= 15 is 0 Å². The summed E-state index contributed by atoms with van der Waals surface area (Å²) in [6.45, 7) is 2.31. The van der Waals surface area contributed by atoms with Crippen LogP contribution >= 0.6 is 0 Å². The zero-order valence-electron chi connectivity index (χ0n) is 18.7. The minimum Gasteiger partial charge on any atom is -0.467 e. The minimum atomic E-state index is -3.71. The number of piperazine rings is 1. The second kappa shape index (κ2) is 10.2. The SMILES string of the molecule is CN1CCN(S(=O)(=O)c2cccc(C(=O)Nc3ccccc3C(=O)NCc3ccco3)c2)CC1. The largest absolute Gasteiger partial charge is 0.467 e. The monoisotopic (exact) mass is 482 g/mol. The number of carbonyl (C=O) groups is 2. The molecule has 1 aliphatic rings. The molecule has 0 radical (unpaired) electrons. The average Bonchev–Trinajstić information content (AvgIpc) is 3.37. The van der Waals surface area contributed by atoms with Gasteiger partial charge in [0.25, 0.3) is 11.8 Å². The van der Waals surface area contributed by atoms with Gasteiger partial charge in [0, 0.05) is 31.7 Å². The van der Waals surface area contributed by atoms with Crippen LogP contribution in [0.15, 0.2) is 76.2 Å². The van der Waals surface area contributed by atoms with E-state index in [2.05, 4.69) is 15.5 Å². The molecule has 1 aromatic heterocycles. The van der Waals surface area contributed by atoms with Gasteiger partial charge in [-0.3, -0.25) is 9.59 Å². The second-order valence-electron chi connectivity index (χ2n) is 8.00. The predicted molar refractivity (Wildman–Crippen MR) is 127 cm³/mol. The summed E-state index contributed by atoms with van der Waals surface area (Å²) in [4.78, 5) is 27.8. The fraction of sp³-hybridized carbons (Fsp3) is 0.250. The number of likely N-dealkylation sites (N-methyl/N-ethyl adjacent to an activating group) is 1. The quantitative estimate of drug-likeness (QED) is 0.535. The van der Waals surface area contributed by atoms with E-state index in [-0.39, 0.29) is 28.5 Å². The third-order valence-electron chi connectivity index (χ3n) is 5.62. The van der Waals surface area contributed by atoms with E-state index in [1.54, 1.807) is 42.5 Å². The maximum atomic E-state index is 13.1. The van der Waals surface area contributed by atoms with Gasteiger partial charge in [-0.2, -0.15) is 4.31 Å². The highest BCUT2D eigenvalue weighted by Crippen LogP contribution is 2.21. The Morgan fingerprint density at radius 3 is 2.44 bits per heavy atom. The number of para-hydroxylation sites is 1. The lowest BCUT2D eigenvalue weighted by Gasteiger charge is -2.31. The number of hydrogen-bond acceptors (Lipinski definition) is 6. The summed E-state index contributed by atoms with van der Waals surface area (Å²) in [6.07, 6.45) is 1.52. The van der Waals surface area contributed by atoms with Crippen LogP contribution in [0.5, 0.6) is 0 Å². The van der Waals surface area contributed by atoms with Gasteiger partial charge >= 0.3 is 0 Å². The Kier molecular flexibility index (Phi) is 7.11. The number of furan rings is 1. The highest BCUT2D eigenvalue weighted by atomic mass is 32.2. The summed E-state index contributed by atoms with van der Waals surface area (Å²) in [7, 11) is -1.76. The molecule has 1 aliphatic heterocycles. The summed E-state index contributed by atoms with van der Waals surface area (Å²) in [6, 6.07) is 16.0. The van der Waals surface area contributed by atoms with Crippen LogP contribution in [0.4, 0.5) is 5.69 Å². The average molecular weight is 483 g/mol. The summed E-state index contributed by atoms with van der Waals surface area (Å²) in [5.74, 6) is -0.284. The van der Waals surface area contributed by atoms with Crippen LogP contribution in [0.1, 0.15) is 26.5 Å². The van der Waals surface area contributed by atoms with Crippen molar-refractivity contribution in [1.82, 2.24) is 14.5 Å².